The summed E-state index contributed by atoms with van der Waals surface area (Å²) in [6.45, 7) is 17.5. The van der Waals surface area contributed by atoms with Crippen LogP contribution in [-0.4, -0.2) is 23.1 Å². The topological polar surface area (TPSA) is 0 Å². The minimum atomic E-state index is 0. The third-order valence-electron chi connectivity index (χ3n) is 0. The molecule has 0 aliphatic heterocycles. The van der Waals surface area contributed by atoms with E-state index in [1.165, 1.54) is 0 Å². The van der Waals surface area contributed by atoms with Crippen molar-refractivity contribution in [3.05, 3.63) is 38.2 Å². The molecule has 0 radical (unpaired) electrons. The van der Waals surface area contributed by atoms with Crippen molar-refractivity contribution < 1.29 is 0 Å². The van der Waals surface area contributed by atoms with Crippen LogP contribution in [0.15, 0.2) is 24.3 Å². The van der Waals surface area contributed by atoms with E-state index in [1.54, 1.807) is 0 Å². The average molecular weight is 135 g/mol. The molecule has 0 aliphatic rings. The molecule has 0 aromatic heterocycles. The number of rotatable bonds is 0. The van der Waals surface area contributed by atoms with E-state index in [2.05, 4.69) is 27.0 Å². The minimum Gasteiger partial charge on any atom is -0.242 e. The molecule has 1 heteroatoms. The molecule has 0 rings (SSSR count). The smallest absolute Gasteiger partial charge is 0.242 e. The predicted octanol–water partition coefficient (Wildman–Crippen LogP) is 2.41. The third kappa shape index (κ3) is 1510000. The molecule has 0 N–H and O–H groups in total. The summed E-state index contributed by atoms with van der Waals surface area (Å²) in [6.07, 6.45) is 0. The Balaban J connectivity index is -0.0000000720. The largest absolute Gasteiger partial charge is 2.00 e. The molecule has 0 aromatic rings. The van der Waals surface area contributed by atoms with Crippen molar-refractivity contribution in [1.82, 2.24) is 0 Å². The Bertz CT molecular complexity index is 62.6. The Morgan fingerprint density at radius 3 is 1.00 bits per heavy atom. The average Bonchev–Trinajstić information content (AvgIpc) is 1.25. The Kier molecular flexibility index (Phi) is 19.3. The van der Waals surface area contributed by atoms with Gasteiger partial charge in [0.05, 0.1) is 0 Å². The zero-order valence-corrected chi connectivity index (χ0v) is 7.95. The maximum absolute atomic E-state index is 3.44. The molecule has 0 amide bonds. The monoisotopic (exact) mass is 134 g/mol. The van der Waals surface area contributed by atoms with Gasteiger partial charge in [-0.2, -0.15) is 0 Å². The molecule has 0 atom stereocenters. The molecule has 0 aromatic carbocycles. The van der Waals surface area contributed by atoms with Crippen LogP contribution in [-0.2, 0) is 0 Å². The zero-order chi connectivity index (χ0) is 7.15. The van der Waals surface area contributed by atoms with Crippen LogP contribution in [0.2, 0.25) is 0 Å². The van der Waals surface area contributed by atoms with Crippen molar-refractivity contribution in [1.29, 1.82) is 0 Å². The molecule has 0 unspecified atom stereocenters. The summed E-state index contributed by atoms with van der Waals surface area (Å²) >= 11 is 0. The second-order valence-electron chi connectivity index (χ2n) is 1.91. The fourth-order valence-corrected chi connectivity index (χ4v) is 0. The quantitative estimate of drug-likeness (QED) is 0.353. The van der Waals surface area contributed by atoms with E-state index < -0.39 is 0 Å². The van der Waals surface area contributed by atoms with Gasteiger partial charge in [-0.1, -0.05) is 13.8 Å². The van der Waals surface area contributed by atoms with Gasteiger partial charge in [0.1, 0.15) is 0 Å². The van der Waals surface area contributed by atoms with Gasteiger partial charge >= 0.3 is 23.1 Å². The van der Waals surface area contributed by atoms with Crippen LogP contribution in [0.1, 0.15) is 13.8 Å². The first-order valence-electron chi connectivity index (χ1n) is 2.41. The molecule has 48 valence electrons. The van der Waals surface area contributed by atoms with E-state index in [0.29, 0.717) is 0 Å². The van der Waals surface area contributed by atoms with Gasteiger partial charge in [0.15, 0.2) is 0 Å². The third-order valence-corrected chi connectivity index (χ3v) is 0. The summed E-state index contributed by atoms with van der Waals surface area (Å²) in [7, 11) is 0. The van der Waals surface area contributed by atoms with Crippen LogP contribution < -0.4 is 0 Å². The van der Waals surface area contributed by atoms with Crippen LogP contribution in [0, 0.1) is 13.8 Å². The summed E-state index contributed by atoms with van der Waals surface area (Å²) in [5.41, 5.74) is 1.83. The van der Waals surface area contributed by atoms with Gasteiger partial charge in [-0.05, 0) is 0 Å². The molecule has 0 nitrogen and oxygen atoms in total. The normalized spacial score (nSPS) is 5.56. The zero-order valence-electron chi connectivity index (χ0n) is 6.54. The Hall–Kier alpha value is -0.0138. The molecule has 0 spiro atoms. The van der Waals surface area contributed by atoms with E-state index >= 15 is 0 Å². The molecule has 0 bridgehead atoms. The van der Waals surface area contributed by atoms with Crippen LogP contribution >= 0.6 is 0 Å². The Labute approximate surface area is 75.2 Å². The molecule has 0 heterocycles. The van der Waals surface area contributed by atoms with Crippen molar-refractivity contribution in [2.45, 2.75) is 13.8 Å². The molecule has 0 saturated heterocycles. The standard InChI is InChI=1S/2C4H7.Mg/c2*1-4(2)3;/h2*1-2H2,3H3;/q2*-1;+2. The fourth-order valence-electron chi connectivity index (χ4n) is 0. The van der Waals surface area contributed by atoms with Gasteiger partial charge in [0.2, 0.25) is 0 Å². The molecule has 0 fully saturated rings. The van der Waals surface area contributed by atoms with Crippen LogP contribution in [0.25, 0.3) is 0 Å². The van der Waals surface area contributed by atoms with Crippen molar-refractivity contribution in [2.24, 2.45) is 0 Å². The minimum absolute atomic E-state index is 0. The SMILES string of the molecule is C=C([CH2-])C.C=C([CH2-])C.[Mg+2]. The maximum Gasteiger partial charge on any atom is 2.00 e. The summed E-state index contributed by atoms with van der Waals surface area (Å²) in [5.74, 6) is 0. The molecule has 0 saturated carbocycles. The molecular formula is C8H14Mg. The Morgan fingerprint density at radius 1 is 1.00 bits per heavy atom. The van der Waals surface area contributed by atoms with E-state index in [9.17, 15) is 0 Å². The van der Waals surface area contributed by atoms with Crippen LogP contribution in [0.3, 0.4) is 0 Å². The van der Waals surface area contributed by atoms with E-state index in [4.69, 9.17) is 0 Å². The summed E-state index contributed by atoms with van der Waals surface area (Å²) in [6, 6.07) is 0. The van der Waals surface area contributed by atoms with Gasteiger partial charge in [0, 0.05) is 0 Å². The second-order valence-corrected chi connectivity index (χ2v) is 1.91. The van der Waals surface area contributed by atoms with Gasteiger partial charge in [-0.15, -0.1) is 0 Å². The summed E-state index contributed by atoms with van der Waals surface area (Å²) < 4.78 is 0. The number of allylic oxidation sites excluding steroid dienone is 2. The second kappa shape index (κ2) is 10.9. The van der Waals surface area contributed by atoms with Gasteiger partial charge < -0.3 is 0 Å². The molecular weight excluding hydrogens is 120 g/mol. The first kappa shape index (κ1) is 16.0. The van der Waals surface area contributed by atoms with Crippen LogP contribution in [0.4, 0.5) is 0 Å². The molecule has 0 aliphatic carbocycles. The number of hydrogen-bond acceptors (Lipinski definition) is 0. The summed E-state index contributed by atoms with van der Waals surface area (Å²) in [5, 5.41) is 0. The van der Waals surface area contributed by atoms with E-state index in [0.717, 1.165) is 11.1 Å². The van der Waals surface area contributed by atoms with Gasteiger partial charge in [-0.3, -0.25) is 0 Å². The first-order valence-corrected chi connectivity index (χ1v) is 2.41. The Morgan fingerprint density at radius 2 is 1.00 bits per heavy atom. The van der Waals surface area contributed by atoms with E-state index in [1.807, 2.05) is 13.8 Å². The molecule has 9 heavy (non-hydrogen) atoms. The van der Waals surface area contributed by atoms with E-state index in [-0.39, 0.29) is 23.1 Å². The van der Waals surface area contributed by atoms with Gasteiger partial charge in [0.25, 0.3) is 0 Å². The predicted molar refractivity (Wildman–Crippen MR) is 46.1 cm³/mol. The van der Waals surface area contributed by atoms with Crippen molar-refractivity contribution >= 4 is 23.1 Å². The van der Waals surface area contributed by atoms with Crippen molar-refractivity contribution in [2.75, 3.05) is 0 Å². The van der Waals surface area contributed by atoms with Gasteiger partial charge in [-0.25, -0.2) is 38.2 Å². The van der Waals surface area contributed by atoms with Crippen molar-refractivity contribution in [3.63, 3.8) is 0 Å². The number of hydrogen-bond donors (Lipinski definition) is 0. The summed E-state index contributed by atoms with van der Waals surface area (Å²) in [4.78, 5) is 0. The first-order chi connectivity index (χ1) is 3.46. The van der Waals surface area contributed by atoms with Crippen LogP contribution in [0.5, 0.6) is 0 Å². The van der Waals surface area contributed by atoms with Crippen molar-refractivity contribution in [3.8, 4) is 0 Å². The maximum atomic E-state index is 3.44. The fraction of sp³-hybridized carbons (Fsp3) is 0.250.